The molecule has 2 rings (SSSR count). The molecule has 0 bridgehead atoms. The quantitative estimate of drug-likeness (QED) is 0.849. The van der Waals surface area contributed by atoms with Crippen LogP contribution < -0.4 is 10.2 Å². The third-order valence-electron chi connectivity index (χ3n) is 3.19. The molecule has 1 saturated carbocycles. The number of hydrazine groups is 1. The van der Waals surface area contributed by atoms with Gasteiger partial charge in [0.25, 0.3) is 0 Å². The van der Waals surface area contributed by atoms with Crippen molar-refractivity contribution in [1.29, 1.82) is 0 Å². The van der Waals surface area contributed by atoms with Gasteiger partial charge in [-0.1, -0.05) is 11.6 Å². The SMILES string of the molecule is COc1ccc(Cl)cc1C1(C(=O)NN(C)C)CC1. The van der Waals surface area contributed by atoms with Gasteiger partial charge in [-0.2, -0.15) is 0 Å². The molecule has 0 saturated heterocycles. The molecule has 1 N–H and O–H groups in total. The molecule has 1 aromatic carbocycles. The van der Waals surface area contributed by atoms with E-state index in [9.17, 15) is 4.79 Å². The van der Waals surface area contributed by atoms with Crippen molar-refractivity contribution in [2.45, 2.75) is 18.3 Å². The van der Waals surface area contributed by atoms with Crippen molar-refractivity contribution in [1.82, 2.24) is 10.4 Å². The second-order valence-electron chi connectivity index (χ2n) is 4.76. The average Bonchev–Trinajstić information content (AvgIpc) is 3.09. The Labute approximate surface area is 112 Å². The highest BCUT2D eigenvalue weighted by molar-refractivity contribution is 6.30. The van der Waals surface area contributed by atoms with E-state index in [1.165, 1.54) is 0 Å². The van der Waals surface area contributed by atoms with Gasteiger partial charge in [0, 0.05) is 24.7 Å². The van der Waals surface area contributed by atoms with Crippen LogP contribution in [0.15, 0.2) is 18.2 Å². The first-order valence-corrected chi connectivity index (χ1v) is 6.20. The van der Waals surface area contributed by atoms with Gasteiger partial charge in [0.05, 0.1) is 12.5 Å². The van der Waals surface area contributed by atoms with Gasteiger partial charge >= 0.3 is 0 Å². The molecule has 1 fully saturated rings. The number of methoxy groups -OCH3 is 1. The fourth-order valence-corrected chi connectivity index (χ4v) is 2.28. The zero-order valence-electron chi connectivity index (χ0n) is 10.8. The van der Waals surface area contributed by atoms with Gasteiger partial charge in [-0.15, -0.1) is 0 Å². The number of rotatable bonds is 4. The van der Waals surface area contributed by atoms with Crippen molar-refractivity contribution in [2.24, 2.45) is 0 Å². The fourth-order valence-electron chi connectivity index (χ4n) is 2.11. The summed E-state index contributed by atoms with van der Waals surface area (Å²) < 4.78 is 5.33. The Hall–Kier alpha value is -1.26. The highest BCUT2D eigenvalue weighted by atomic mass is 35.5. The molecule has 1 aliphatic carbocycles. The third-order valence-corrected chi connectivity index (χ3v) is 3.42. The first kappa shape index (κ1) is 13.2. The zero-order chi connectivity index (χ0) is 13.3. The lowest BCUT2D eigenvalue weighted by molar-refractivity contribution is -0.127. The summed E-state index contributed by atoms with van der Waals surface area (Å²) in [4.78, 5) is 12.3. The second kappa shape index (κ2) is 4.78. The van der Waals surface area contributed by atoms with Crippen molar-refractivity contribution in [2.75, 3.05) is 21.2 Å². The normalized spacial score (nSPS) is 16.5. The Balaban J connectivity index is 2.35. The maximum atomic E-state index is 12.3. The van der Waals surface area contributed by atoms with E-state index in [1.807, 2.05) is 6.07 Å². The molecule has 18 heavy (non-hydrogen) atoms. The van der Waals surface area contributed by atoms with Gasteiger partial charge in [-0.3, -0.25) is 10.2 Å². The van der Waals surface area contributed by atoms with E-state index in [2.05, 4.69) is 5.43 Å². The summed E-state index contributed by atoms with van der Waals surface area (Å²) in [6.45, 7) is 0. The predicted molar refractivity (Wildman–Crippen MR) is 70.7 cm³/mol. The average molecular weight is 269 g/mol. The van der Waals surface area contributed by atoms with Crippen LogP contribution in [0.2, 0.25) is 5.02 Å². The monoisotopic (exact) mass is 268 g/mol. The Kier molecular flexibility index (Phi) is 3.50. The first-order chi connectivity index (χ1) is 8.49. The van der Waals surface area contributed by atoms with Crippen molar-refractivity contribution in [3.63, 3.8) is 0 Å². The van der Waals surface area contributed by atoms with Crippen LogP contribution >= 0.6 is 11.6 Å². The Morgan fingerprint density at radius 1 is 1.44 bits per heavy atom. The van der Waals surface area contributed by atoms with E-state index in [4.69, 9.17) is 16.3 Å². The number of carbonyl (C=O) groups is 1. The van der Waals surface area contributed by atoms with Crippen LogP contribution in [0.3, 0.4) is 0 Å². The molecular formula is C13H17ClN2O2. The number of hydrogen-bond acceptors (Lipinski definition) is 3. The number of carbonyl (C=O) groups excluding carboxylic acids is 1. The summed E-state index contributed by atoms with van der Waals surface area (Å²) in [6, 6.07) is 5.40. The lowest BCUT2D eigenvalue weighted by Crippen LogP contribution is -2.42. The molecule has 0 unspecified atom stereocenters. The largest absolute Gasteiger partial charge is 0.496 e. The van der Waals surface area contributed by atoms with E-state index < -0.39 is 5.41 Å². The van der Waals surface area contributed by atoms with E-state index in [0.29, 0.717) is 10.8 Å². The smallest absolute Gasteiger partial charge is 0.245 e. The summed E-state index contributed by atoms with van der Waals surface area (Å²) in [5.74, 6) is 0.707. The lowest BCUT2D eigenvalue weighted by Gasteiger charge is -2.21. The molecular weight excluding hydrogens is 252 g/mol. The molecule has 1 aliphatic rings. The summed E-state index contributed by atoms with van der Waals surface area (Å²) in [7, 11) is 5.19. The number of benzene rings is 1. The van der Waals surface area contributed by atoms with Gasteiger partial charge in [0.1, 0.15) is 5.75 Å². The molecule has 98 valence electrons. The first-order valence-electron chi connectivity index (χ1n) is 5.82. The number of ether oxygens (including phenoxy) is 1. The van der Waals surface area contributed by atoms with Gasteiger partial charge < -0.3 is 4.74 Å². The van der Waals surface area contributed by atoms with E-state index >= 15 is 0 Å². The molecule has 0 aliphatic heterocycles. The predicted octanol–water partition coefficient (Wildman–Crippen LogP) is 1.97. The number of halogens is 1. The molecule has 4 nitrogen and oxygen atoms in total. The summed E-state index contributed by atoms with van der Waals surface area (Å²) in [5.41, 5.74) is 3.20. The molecule has 1 amide bonds. The van der Waals surface area contributed by atoms with Crippen LogP contribution in [0.1, 0.15) is 18.4 Å². The summed E-state index contributed by atoms with van der Waals surface area (Å²) in [6.07, 6.45) is 1.65. The molecule has 0 aromatic heterocycles. The Bertz CT molecular complexity index is 470. The third kappa shape index (κ3) is 2.31. The summed E-state index contributed by atoms with van der Waals surface area (Å²) >= 11 is 6.02. The lowest BCUT2D eigenvalue weighted by atomic mass is 9.94. The van der Waals surface area contributed by atoms with Crippen LogP contribution in [-0.2, 0) is 10.2 Å². The topological polar surface area (TPSA) is 41.6 Å². The Morgan fingerprint density at radius 2 is 2.11 bits per heavy atom. The second-order valence-corrected chi connectivity index (χ2v) is 5.20. The standard InChI is InChI=1S/C13H17ClN2O2/c1-16(2)15-12(17)13(6-7-13)10-8-9(14)4-5-11(10)18-3/h4-5,8H,6-7H2,1-3H3,(H,15,17). The van der Waals surface area contributed by atoms with Crippen LogP contribution in [0.25, 0.3) is 0 Å². The van der Waals surface area contributed by atoms with E-state index in [1.54, 1.807) is 38.3 Å². The number of nitrogens with one attached hydrogen (secondary N) is 1. The Morgan fingerprint density at radius 3 is 2.61 bits per heavy atom. The van der Waals surface area contributed by atoms with Crippen molar-refractivity contribution < 1.29 is 9.53 Å². The molecule has 0 atom stereocenters. The minimum absolute atomic E-state index is 0.00642. The molecule has 5 heteroatoms. The molecule has 1 aromatic rings. The van der Waals surface area contributed by atoms with Crippen LogP contribution in [0.5, 0.6) is 5.75 Å². The van der Waals surface area contributed by atoms with Gasteiger partial charge in [0.2, 0.25) is 5.91 Å². The molecule has 0 radical (unpaired) electrons. The van der Waals surface area contributed by atoms with Gasteiger partial charge in [0.15, 0.2) is 0 Å². The van der Waals surface area contributed by atoms with Gasteiger partial charge in [-0.25, -0.2) is 5.01 Å². The van der Waals surface area contributed by atoms with Gasteiger partial charge in [-0.05, 0) is 31.0 Å². The minimum Gasteiger partial charge on any atom is -0.496 e. The number of amides is 1. The molecule has 0 heterocycles. The van der Waals surface area contributed by atoms with E-state index in [0.717, 1.165) is 18.4 Å². The maximum absolute atomic E-state index is 12.3. The van der Waals surface area contributed by atoms with E-state index in [-0.39, 0.29) is 5.91 Å². The fraction of sp³-hybridized carbons (Fsp3) is 0.462. The number of nitrogens with zero attached hydrogens (tertiary/aromatic N) is 1. The van der Waals surface area contributed by atoms with Crippen molar-refractivity contribution >= 4 is 17.5 Å². The number of hydrogen-bond donors (Lipinski definition) is 1. The van der Waals surface area contributed by atoms with Crippen molar-refractivity contribution in [3.8, 4) is 5.75 Å². The van der Waals surface area contributed by atoms with Crippen LogP contribution in [-0.4, -0.2) is 32.1 Å². The van der Waals surface area contributed by atoms with Crippen LogP contribution in [0, 0.1) is 0 Å². The maximum Gasteiger partial charge on any atom is 0.245 e. The zero-order valence-corrected chi connectivity index (χ0v) is 11.5. The van der Waals surface area contributed by atoms with Crippen molar-refractivity contribution in [3.05, 3.63) is 28.8 Å². The highest BCUT2D eigenvalue weighted by Gasteiger charge is 2.53. The minimum atomic E-state index is -0.486. The highest BCUT2D eigenvalue weighted by Crippen LogP contribution is 2.52. The summed E-state index contributed by atoms with van der Waals surface area (Å²) in [5, 5.41) is 2.27. The molecule has 0 spiro atoms. The van der Waals surface area contributed by atoms with Crippen LogP contribution in [0.4, 0.5) is 0 Å².